The first-order chi connectivity index (χ1) is 15.4. The van der Waals surface area contributed by atoms with Gasteiger partial charge in [0, 0.05) is 16.8 Å². The molecule has 1 saturated carbocycles. The Morgan fingerprint density at radius 3 is 2.21 bits per heavy atom. The minimum absolute atomic E-state index is 0.115. The van der Waals surface area contributed by atoms with Crippen molar-refractivity contribution in [2.24, 2.45) is 5.41 Å². The summed E-state index contributed by atoms with van der Waals surface area (Å²) in [7, 11) is 0. The number of pyridine rings is 1. The van der Waals surface area contributed by atoms with Crippen molar-refractivity contribution in [2.75, 3.05) is 0 Å². The molecule has 0 bridgehead atoms. The van der Waals surface area contributed by atoms with Crippen molar-refractivity contribution in [2.45, 2.75) is 84.2 Å². The van der Waals surface area contributed by atoms with Crippen LogP contribution in [0.5, 0.6) is 0 Å². The number of halogens is 3. The van der Waals surface area contributed by atoms with Crippen LogP contribution in [0.1, 0.15) is 111 Å². The highest BCUT2D eigenvalue weighted by Crippen LogP contribution is 2.50. The molecule has 2 aromatic rings. The fourth-order valence-corrected chi connectivity index (χ4v) is 5.74. The molecule has 4 rings (SSSR count). The smallest absolute Gasteiger partial charge is 0.256 e. The molecular formula is C29H34F3N. The molecule has 0 radical (unpaired) electrons. The molecule has 0 amide bonds. The van der Waals surface area contributed by atoms with Gasteiger partial charge >= 0.3 is 6.18 Å². The zero-order valence-corrected chi connectivity index (χ0v) is 20.2. The number of rotatable bonds is 4. The summed E-state index contributed by atoms with van der Waals surface area (Å²) < 4.78 is 39.4. The first-order valence-electron chi connectivity index (χ1n) is 12.0. The Bertz CT molecular complexity index is 1080. The van der Waals surface area contributed by atoms with Crippen LogP contribution in [0, 0.1) is 5.41 Å². The van der Waals surface area contributed by atoms with E-state index in [-0.39, 0.29) is 11.3 Å². The SMILES string of the molecule is C=C1CC(C)(C)Cc2nc(C(C)C)c(C(=C)c3ccc(C(F)(F)F)cc3)c(C3CCCC3)c21. The largest absolute Gasteiger partial charge is 0.416 e. The van der Waals surface area contributed by atoms with E-state index in [1.165, 1.54) is 24.0 Å². The first kappa shape index (κ1) is 23.8. The maximum Gasteiger partial charge on any atom is 0.416 e. The van der Waals surface area contributed by atoms with Gasteiger partial charge in [0.1, 0.15) is 0 Å². The van der Waals surface area contributed by atoms with E-state index >= 15 is 0 Å². The molecule has 0 saturated heterocycles. The molecule has 0 N–H and O–H groups in total. The summed E-state index contributed by atoms with van der Waals surface area (Å²) in [5.74, 6) is 0.591. The molecule has 1 heterocycles. The molecule has 1 fully saturated rings. The van der Waals surface area contributed by atoms with E-state index in [0.717, 1.165) is 65.9 Å². The van der Waals surface area contributed by atoms with E-state index in [2.05, 4.69) is 40.9 Å². The summed E-state index contributed by atoms with van der Waals surface area (Å²) >= 11 is 0. The Balaban J connectivity index is 1.94. The third-order valence-corrected chi connectivity index (χ3v) is 7.20. The van der Waals surface area contributed by atoms with Crippen molar-refractivity contribution < 1.29 is 13.2 Å². The predicted octanol–water partition coefficient (Wildman–Crippen LogP) is 8.93. The predicted molar refractivity (Wildman–Crippen MR) is 130 cm³/mol. The van der Waals surface area contributed by atoms with Crippen LogP contribution in [0.4, 0.5) is 13.2 Å². The number of aromatic nitrogens is 1. The lowest BCUT2D eigenvalue weighted by Gasteiger charge is -2.36. The van der Waals surface area contributed by atoms with Crippen LogP contribution >= 0.6 is 0 Å². The van der Waals surface area contributed by atoms with E-state index in [1.807, 2.05) is 0 Å². The van der Waals surface area contributed by atoms with Gasteiger partial charge in [0.25, 0.3) is 0 Å². The van der Waals surface area contributed by atoms with Gasteiger partial charge in [-0.3, -0.25) is 4.98 Å². The van der Waals surface area contributed by atoms with Crippen molar-refractivity contribution in [3.8, 4) is 0 Å². The van der Waals surface area contributed by atoms with Crippen molar-refractivity contribution >= 4 is 11.1 Å². The molecule has 0 spiro atoms. The van der Waals surface area contributed by atoms with Crippen molar-refractivity contribution in [1.82, 2.24) is 4.98 Å². The summed E-state index contributed by atoms with van der Waals surface area (Å²) in [6, 6.07) is 5.40. The van der Waals surface area contributed by atoms with Gasteiger partial charge in [0.2, 0.25) is 0 Å². The van der Waals surface area contributed by atoms with Gasteiger partial charge in [-0.25, -0.2) is 0 Å². The van der Waals surface area contributed by atoms with Gasteiger partial charge in [-0.1, -0.05) is 65.8 Å². The lowest BCUT2D eigenvalue weighted by molar-refractivity contribution is -0.137. The van der Waals surface area contributed by atoms with Gasteiger partial charge in [-0.05, 0) is 77.3 Å². The van der Waals surface area contributed by atoms with Crippen LogP contribution in [-0.4, -0.2) is 4.98 Å². The van der Waals surface area contributed by atoms with Crippen molar-refractivity contribution in [1.29, 1.82) is 0 Å². The summed E-state index contributed by atoms with van der Waals surface area (Å²) in [6.45, 7) is 17.7. The molecule has 0 atom stereocenters. The molecule has 1 aromatic heterocycles. The molecule has 0 aliphatic heterocycles. The summed E-state index contributed by atoms with van der Waals surface area (Å²) in [5.41, 5.74) is 7.76. The number of alkyl halides is 3. The van der Waals surface area contributed by atoms with Crippen LogP contribution in [0.2, 0.25) is 0 Å². The van der Waals surface area contributed by atoms with Crippen LogP contribution in [-0.2, 0) is 12.6 Å². The highest BCUT2D eigenvalue weighted by atomic mass is 19.4. The maximum absolute atomic E-state index is 13.1. The van der Waals surface area contributed by atoms with E-state index in [4.69, 9.17) is 4.98 Å². The van der Waals surface area contributed by atoms with E-state index in [0.29, 0.717) is 11.5 Å². The molecule has 1 nitrogen and oxygen atoms in total. The topological polar surface area (TPSA) is 12.9 Å². The third kappa shape index (κ3) is 4.54. The number of nitrogens with zero attached hydrogens (tertiary/aromatic N) is 1. The minimum atomic E-state index is -4.35. The number of allylic oxidation sites excluding steroid dienone is 1. The Labute approximate surface area is 195 Å². The van der Waals surface area contributed by atoms with Gasteiger partial charge in [0.15, 0.2) is 0 Å². The molecule has 176 valence electrons. The monoisotopic (exact) mass is 453 g/mol. The average Bonchev–Trinajstić information content (AvgIpc) is 3.25. The summed E-state index contributed by atoms with van der Waals surface area (Å²) in [4.78, 5) is 5.19. The molecular weight excluding hydrogens is 419 g/mol. The van der Waals surface area contributed by atoms with Crippen molar-refractivity contribution in [3.63, 3.8) is 0 Å². The van der Waals surface area contributed by atoms with Crippen LogP contribution in [0.15, 0.2) is 37.4 Å². The molecule has 1 aromatic carbocycles. The Kier molecular flexibility index (Phi) is 6.09. The Hall–Kier alpha value is -2.36. The second kappa shape index (κ2) is 8.45. The van der Waals surface area contributed by atoms with Crippen LogP contribution < -0.4 is 0 Å². The zero-order chi connectivity index (χ0) is 24.1. The number of benzene rings is 1. The van der Waals surface area contributed by atoms with Gasteiger partial charge in [0.05, 0.1) is 11.3 Å². The summed E-state index contributed by atoms with van der Waals surface area (Å²) in [5, 5.41) is 0. The summed E-state index contributed by atoms with van der Waals surface area (Å²) in [6.07, 6.45) is 2.13. The lowest BCUT2D eigenvalue weighted by atomic mass is 9.70. The number of fused-ring (bicyclic) bond motifs is 1. The Morgan fingerprint density at radius 2 is 1.67 bits per heavy atom. The Morgan fingerprint density at radius 1 is 1.06 bits per heavy atom. The average molecular weight is 454 g/mol. The van der Waals surface area contributed by atoms with E-state index in [9.17, 15) is 13.2 Å². The standard InChI is InChI=1S/C29H34F3N/c1-17(2)27-25(19(4)20-11-13-22(14-12-20)29(30,31)32)26(21-9-7-8-10-21)24-18(3)15-28(5,6)16-23(24)33-27/h11-14,17,21H,3-4,7-10,15-16H2,1-2,5-6H3. The third-order valence-electron chi connectivity index (χ3n) is 7.20. The van der Waals surface area contributed by atoms with Gasteiger partial charge in [-0.15, -0.1) is 0 Å². The van der Waals surface area contributed by atoms with Crippen molar-refractivity contribution in [3.05, 3.63) is 76.6 Å². The lowest BCUT2D eigenvalue weighted by Crippen LogP contribution is -2.26. The number of hydrogen-bond donors (Lipinski definition) is 0. The quantitative estimate of drug-likeness (QED) is 0.450. The molecule has 2 aliphatic rings. The fourth-order valence-electron chi connectivity index (χ4n) is 5.74. The zero-order valence-electron chi connectivity index (χ0n) is 20.2. The first-order valence-corrected chi connectivity index (χ1v) is 12.0. The van der Waals surface area contributed by atoms with Crippen LogP contribution in [0.25, 0.3) is 11.1 Å². The fraction of sp³-hybridized carbons (Fsp3) is 0.483. The highest BCUT2D eigenvalue weighted by Gasteiger charge is 2.36. The second-order valence-corrected chi connectivity index (χ2v) is 10.9. The van der Waals surface area contributed by atoms with Gasteiger partial charge < -0.3 is 0 Å². The minimum Gasteiger partial charge on any atom is -0.256 e. The van der Waals surface area contributed by atoms with E-state index in [1.54, 1.807) is 12.1 Å². The molecule has 0 unspecified atom stereocenters. The highest BCUT2D eigenvalue weighted by molar-refractivity contribution is 5.86. The molecule has 33 heavy (non-hydrogen) atoms. The molecule has 2 aliphatic carbocycles. The van der Waals surface area contributed by atoms with Gasteiger partial charge in [-0.2, -0.15) is 13.2 Å². The normalized spacial score (nSPS) is 18.6. The van der Waals surface area contributed by atoms with Crippen LogP contribution in [0.3, 0.4) is 0 Å². The second-order valence-electron chi connectivity index (χ2n) is 10.9. The number of hydrogen-bond acceptors (Lipinski definition) is 1. The van der Waals surface area contributed by atoms with E-state index < -0.39 is 11.7 Å². The molecule has 4 heteroatoms. The maximum atomic E-state index is 13.1.